The van der Waals surface area contributed by atoms with Crippen molar-refractivity contribution in [2.75, 3.05) is 5.32 Å². The number of amides is 1. The second-order valence-corrected chi connectivity index (χ2v) is 5.93. The average Bonchev–Trinajstić information content (AvgIpc) is 2.47. The summed E-state index contributed by atoms with van der Waals surface area (Å²) in [5, 5.41) is 12.5. The lowest BCUT2D eigenvalue weighted by Gasteiger charge is -2.24. The quantitative estimate of drug-likeness (QED) is 0.778. The molecule has 0 spiro atoms. The van der Waals surface area contributed by atoms with E-state index in [9.17, 15) is 10.1 Å². The Kier molecular flexibility index (Phi) is 6.42. The Balaban J connectivity index is 2.96. The Morgan fingerprint density at radius 1 is 1.29 bits per heavy atom. The van der Waals surface area contributed by atoms with Crippen LogP contribution < -0.4 is 5.32 Å². The van der Waals surface area contributed by atoms with Crippen molar-refractivity contribution in [3.63, 3.8) is 0 Å². The van der Waals surface area contributed by atoms with Crippen molar-refractivity contribution >= 4 is 11.6 Å². The molecule has 1 N–H and O–H groups in total. The molecule has 0 aliphatic carbocycles. The third kappa shape index (κ3) is 4.32. The molecule has 0 saturated heterocycles. The van der Waals surface area contributed by atoms with E-state index < -0.39 is 5.41 Å². The van der Waals surface area contributed by atoms with Gasteiger partial charge in [0.25, 0.3) is 0 Å². The van der Waals surface area contributed by atoms with Crippen LogP contribution in [0.1, 0.15) is 64.9 Å². The summed E-state index contributed by atoms with van der Waals surface area (Å²) >= 11 is 0. The summed E-state index contributed by atoms with van der Waals surface area (Å²) in [6.45, 7) is 8.26. The fourth-order valence-corrected chi connectivity index (χ4v) is 2.59. The van der Waals surface area contributed by atoms with E-state index >= 15 is 0 Å². The van der Waals surface area contributed by atoms with Crippen LogP contribution in [0.3, 0.4) is 0 Å². The molecule has 0 heterocycles. The first-order valence-corrected chi connectivity index (χ1v) is 7.81. The number of hydrogen-bond donors (Lipinski definition) is 1. The van der Waals surface area contributed by atoms with E-state index in [0.29, 0.717) is 18.8 Å². The van der Waals surface area contributed by atoms with Gasteiger partial charge in [-0.15, -0.1) is 0 Å². The topological polar surface area (TPSA) is 52.9 Å². The largest absolute Gasteiger partial charge is 0.325 e. The Morgan fingerprint density at radius 2 is 1.90 bits per heavy atom. The van der Waals surface area contributed by atoms with E-state index in [1.165, 1.54) is 5.56 Å². The number of nitriles is 1. The van der Waals surface area contributed by atoms with Gasteiger partial charge in [0.15, 0.2) is 0 Å². The van der Waals surface area contributed by atoms with Crippen molar-refractivity contribution in [3.8, 4) is 6.07 Å². The lowest BCUT2D eigenvalue weighted by molar-refractivity contribution is -0.123. The number of carbonyl (C=O) groups is 1. The first-order chi connectivity index (χ1) is 9.99. The zero-order valence-electron chi connectivity index (χ0n) is 13.6. The van der Waals surface area contributed by atoms with Gasteiger partial charge in [-0.3, -0.25) is 4.79 Å². The maximum Gasteiger partial charge on any atom is 0.244 e. The van der Waals surface area contributed by atoms with Crippen LogP contribution in [0.2, 0.25) is 0 Å². The van der Waals surface area contributed by atoms with Crippen molar-refractivity contribution in [1.29, 1.82) is 5.26 Å². The molecule has 21 heavy (non-hydrogen) atoms. The van der Waals surface area contributed by atoms with Crippen molar-refractivity contribution in [1.82, 2.24) is 0 Å². The van der Waals surface area contributed by atoms with Crippen molar-refractivity contribution in [2.45, 2.75) is 59.3 Å². The van der Waals surface area contributed by atoms with E-state index in [4.69, 9.17) is 0 Å². The molecule has 0 aliphatic rings. The van der Waals surface area contributed by atoms with Gasteiger partial charge in [-0.05, 0) is 36.5 Å². The van der Waals surface area contributed by atoms with Gasteiger partial charge in [-0.2, -0.15) is 5.26 Å². The lowest BCUT2D eigenvalue weighted by atomic mass is 9.79. The minimum absolute atomic E-state index is 0.172. The number of nitrogens with one attached hydrogen (secondary N) is 1. The molecule has 3 heteroatoms. The maximum atomic E-state index is 12.6. The van der Waals surface area contributed by atoms with E-state index in [1.807, 2.05) is 32.0 Å². The van der Waals surface area contributed by atoms with Crippen LogP contribution in [0, 0.1) is 16.7 Å². The van der Waals surface area contributed by atoms with Gasteiger partial charge in [-0.25, -0.2) is 0 Å². The van der Waals surface area contributed by atoms with E-state index in [0.717, 1.165) is 18.5 Å². The molecule has 0 aliphatic heterocycles. The van der Waals surface area contributed by atoms with Crippen molar-refractivity contribution in [3.05, 3.63) is 29.8 Å². The van der Waals surface area contributed by atoms with Crippen LogP contribution in [0.4, 0.5) is 5.69 Å². The van der Waals surface area contributed by atoms with E-state index in [1.54, 1.807) is 0 Å². The highest BCUT2D eigenvalue weighted by Gasteiger charge is 2.36. The standard InChI is InChI=1S/C18H26N2O/c1-5-10-18(13-19,11-6-2)17(21)20-16-9-7-8-15(12-16)14(3)4/h7-9,12,14H,5-6,10-11H2,1-4H3,(H,20,21). The molecular formula is C18H26N2O. The van der Waals surface area contributed by atoms with Crippen LogP contribution in [-0.2, 0) is 4.79 Å². The van der Waals surface area contributed by atoms with Crippen LogP contribution in [0.25, 0.3) is 0 Å². The summed E-state index contributed by atoms with van der Waals surface area (Å²) < 4.78 is 0. The monoisotopic (exact) mass is 286 g/mol. The maximum absolute atomic E-state index is 12.6. The van der Waals surface area contributed by atoms with Gasteiger partial charge in [0.1, 0.15) is 5.41 Å². The fourth-order valence-electron chi connectivity index (χ4n) is 2.59. The van der Waals surface area contributed by atoms with Gasteiger partial charge < -0.3 is 5.32 Å². The molecule has 3 nitrogen and oxygen atoms in total. The Morgan fingerprint density at radius 3 is 2.38 bits per heavy atom. The molecule has 0 fully saturated rings. The highest BCUT2D eigenvalue weighted by molar-refractivity contribution is 5.97. The van der Waals surface area contributed by atoms with Crippen LogP contribution in [0.5, 0.6) is 0 Å². The second kappa shape index (κ2) is 7.83. The Labute approximate surface area is 128 Å². The number of rotatable bonds is 7. The Bertz CT molecular complexity index is 508. The minimum atomic E-state index is -0.905. The van der Waals surface area contributed by atoms with E-state index in [-0.39, 0.29) is 5.91 Å². The van der Waals surface area contributed by atoms with Gasteiger partial charge in [-0.1, -0.05) is 52.7 Å². The summed E-state index contributed by atoms with van der Waals surface area (Å²) in [6.07, 6.45) is 2.86. The zero-order chi connectivity index (χ0) is 15.9. The molecule has 0 saturated carbocycles. The minimum Gasteiger partial charge on any atom is -0.325 e. The third-order valence-corrected chi connectivity index (χ3v) is 3.81. The molecule has 0 unspecified atom stereocenters. The number of anilines is 1. The average molecular weight is 286 g/mol. The molecule has 1 aromatic carbocycles. The summed E-state index contributed by atoms with van der Waals surface area (Å²) in [6, 6.07) is 10.1. The number of carbonyl (C=O) groups excluding carboxylic acids is 1. The fraction of sp³-hybridized carbons (Fsp3) is 0.556. The zero-order valence-corrected chi connectivity index (χ0v) is 13.6. The predicted octanol–water partition coefficient (Wildman–Crippen LogP) is 4.86. The molecule has 0 aromatic heterocycles. The van der Waals surface area contributed by atoms with Crippen LogP contribution in [0.15, 0.2) is 24.3 Å². The predicted molar refractivity (Wildman–Crippen MR) is 87.0 cm³/mol. The van der Waals surface area contributed by atoms with Crippen molar-refractivity contribution in [2.24, 2.45) is 5.41 Å². The molecule has 1 rings (SSSR count). The molecule has 1 aromatic rings. The molecule has 0 atom stereocenters. The highest BCUT2D eigenvalue weighted by Crippen LogP contribution is 2.31. The molecular weight excluding hydrogens is 260 g/mol. The summed E-state index contributed by atoms with van der Waals surface area (Å²) in [4.78, 5) is 12.6. The van der Waals surface area contributed by atoms with Crippen LogP contribution >= 0.6 is 0 Å². The molecule has 0 bridgehead atoms. The number of hydrogen-bond acceptors (Lipinski definition) is 2. The SMILES string of the molecule is CCCC(C#N)(CCC)C(=O)Nc1cccc(C(C)C)c1. The first kappa shape index (κ1) is 17.2. The summed E-state index contributed by atoms with van der Waals surface area (Å²) in [7, 11) is 0. The van der Waals surface area contributed by atoms with Gasteiger partial charge >= 0.3 is 0 Å². The number of nitrogens with zero attached hydrogens (tertiary/aromatic N) is 1. The molecule has 1 amide bonds. The van der Waals surface area contributed by atoms with E-state index in [2.05, 4.69) is 31.3 Å². The normalized spacial score (nSPS) is 11.2. The number of benzene rings is 1. The first-order valence-electron chi connectivity index (χ1n) is 7.81. The highest BCUT2D eigenvalue weighted by atomic mass is 16.2. The smallest absolute Gasteiger partial charge is 0.244 e. The van der Waals surface area contributed by atoms with Crippen LogP contribution in [-0.4, -0.2) is 5.91 Å². The van der Waals surface area contributed by atoms with Gasteiger partial charge in [0.05, 0.1) is 6.07 Å². The Hall–Kier alpha value is -1.82. The molecule has 114 valence electrons. The lowest BCUT2D eigenvalue weighted by Crippen LogP contribution is -2.35. The summed E-state index contributed by atoms with van der Waals surface area (Å²) in [5.74, 6) is 0.239. The second-order valence-electron chi connectivity index (χ2n) is 5.93. The third-order valence-electron chi connectivity index (χ3n) is 3.81. The van der Waals surface area contributed by atoms with Gasteiger partial charge in [0, 0.05) is 5.69 Å². The molecule has 0 radical (unpaired) electrons. The summed E-state index contributed by atoms with van der Waals surface area (Å²) in [5.41, 5.74) is 1.05. The van der Waals surface area contributed by atoms with Crippen molar-refractivity contribution < 1.29 is 4.79 Å². The van der Waals surface area contributed by atoms with Gasteiger partial charge in [0.2, 0.25) is 5.91 Å².